The van der Waals surface area contributed by atoms with Crippen molar-refractivity contribution < 1.29 is 12.8 Å². The molecular formula is C16H17FN2O2S. The minimum absolute atomic E-state index is 0.192. The number of halogens is 1. The predicted octanol–water partition coefficient (Wildman–Crippen LogP) is 2.82. The molecule has 1 aromatic heterocycles. The smallest absolute Gasteiger partial charge is 0.244 e. The van der Waals surface area contributed by atoms with Crippen LogP contribution in [0.2, 0.25) is 0 Å². The standard InChI is InChI=1S/C16H17FN2O2S/c17-15-7-5-14(6-8-15)12-19(11-13-3-4-13)22(20,21)16-2-1-9-18-10-16/h1-2,5-10,13H,3-4,11-12H2. The molecule has 2 aromatic rings. The van der Waals surface area contributed by atoms with Crippen molar-refractivity contribution in [3.8, 4) is 0 Å². The van der Waals surface area contributed by atoms with Crippen LogP contribution in [-0.2, 0) is 16.6 Å². The third-order valence-electron chi connectivity index (χ3n) is 3.70. The summed E-state index contributed by atoms with van der Waals surface area (Å²) in [6.45, 7) is 0.739. The molecule has 0 saturated heterocycles. The second-order valence-corrected chi connectivity index (χ2v) is 7.49. The maximum Gasteiger partial charge on any atom is 0.244 e. The van der Waals surface area contributed by atoms with Gasteiger partial charge in [-0.15, -0.1) is 0 Å². The van der Waals surface area contributed by atoms with E-state index in [1.807, 2.05) is 0 Å². The first-order chi connectivity index (χ1) is 10.6. The van der Waals surface area contributed by atoms with Gasteiger partial charge in [-0.2, -0.15) is 4.31 Å². The van der Waals surface area contributed by atoms with Gasteiger partial charge in [0.15, 0.2) is 0 Å². The topological polar surface area (TPSA) is 50.3 Å². The van der Waals surface area contributed by atoms with Crippen LogP contribution in [0.1, 0.15) is 18.4 Å². The Kier molecular flexibility index (Phi) is 4.22. The Morgan fingerprint density at radius 3 is 2.50 bits per heavy atom. The summed E-state index contributed by atoms with van der Waals surface area (Å²) in [6.07, 6.45) is 5.02. The van der Waals surface area contributed by atoms with E-state index in [1.165, 1.54) is 22.6 Å². The molecule has 0 aliphatic heterocycles. The lowest BCUT2D eigenvalue weighted by Crippen LogP contribution is -2.32. The molecule has 116 valence electrons. The average molecular weight is 320 g/mol. The fourth-order valence-corrected chi connectivity index (χ4v) is 3.75. The first kappa shape index (κ1) is 15.1. The molecule has 1 saturated carbocycles. The minimum Gasteiger partial charge on any atom is -0.263 e. The Balaban J connectivity index is 1.87. The second-order valence-electron chi connectivity index (χ2n) is 5.56. The highest BCUT2D eigenvalue weighted by molar-refractivity contribution is 7.89. The molecule has 1 fully saturated rings. The van der Waals surface area contributed by atoms with Crippen LogP contribution in [0.15, 0.2) is 53.7 Å². The van der Waals surface area contributed by atoms with Gasteiger partial charge in [0, 0.05) is 25.5 Å². The first-order valence-electron chi connectivity index (χ1n) is 7.20. The van der Waals surface area contributed by atoms with Crippen LogP contribution in [0.3, 0.4) is 0 Å². The van der Waals surface area contributed by atoms with Gasteiger partial charge in [0.2, 0.25) is 10.0 Å². The maximum atomic E-state index is 13.0. The summed E-state index contributed by atoms with van der Waals surface area (Å²) in [7, 11) is -3.59. The molecule has 0 atom stereocenters. The molecule has 22 heavy (non-hydrogen) atoms. The Labute approximate surface area is 129 Å². The third-order valence-corrected chi connectivity index (χ3v) is 5.50. The molecule has 1 aliphatic rings. The van der Waals surface area contributed by atoms with Crippen LogP contribution < -0.4 is 0 Å². The normalized spacial score (nSPS) is 15.2. The largest absolute Gasteiger partial charge is 0.263 e. The summed E-state index contributed by atoms with van der Waals surface area (Å²) in [5, 5.41) is 0. The van der Waals surface area contributed by atoms with E-state index < -0.39 is 10.0 Å². The number of aromatic nitrogens is 1. The zero-order valence-corrected chi connectivity index (χ0v) is 12.8. The molecule has 0 radical (unpaired) electrons. The van der Waals surface area contributed by atoms with Crippen LogP contribution in [0.4, 0.5) is 4.39 Å². The molecule has 0 unspecified atom stereocenters. The summed E-state index contributed by atoms with van der Waals surface area (Å²) < 4.78 is 40.0. The molecular weight excluding hydrogens is 303 g/mol. The monoisotopic (exact) mass is 320 g/mol. The molecule has 0 N–H and O–H groups in total. The Bertz CT molecular complexity index is 729. The quantitative estimate of drug-likeness (QED) is 0.822. The van der Waals surface area contributed by atoms with Gasteiger partial charge in [0.05, 0.1) is 0 Å². The molecule has 0 spiro atoms. The van der Waals surface area contributed by atoms with E-state index in [2.05, 4.69) is 4.98 Å². The molecule has 6 heteroatoms. The molecule has 1 heterocycles. The highest BCUT2D eigenvalue weighted by Gasteiger charge is 2.31. The summed E-state index contributed by atoms with van der Waals surface area (Å²) in [5.74, 6) is 0.0968. The van der Waals surface area contributed by atoms with Crippen molar-refractivity contribution in [3.05, 3.63) is 60.2 Å². The Hall–Kier alpha value is -1.79. The van der Waals surface area contributed by atoms with Gasteiger partial charge in [0.25, 0.3) is 0 Å². The van der Waals surface area contributed by atoms with Crippen LogP contribution in [-0.4, -0.2) is 24.3 Å². The summed E-state index contributed by atoms with van der Waals surface area (Å²) in [4.78, 5) is 4.08. The zero-order valence-electron chi connectivity index (χ0n) is 12.0. The van der Waals surface area contributed by atoms with Gasteiger partial charge in [-0.3, -0.25) is 4.98 Å². The number of benzene rings is 1. The lowest BCUT2D eigenvalue weighted by Gasteiger charge is -2.22. The van der Waals surface area contributed by atoms with Crippen molar-refractivity contribution in [3.63, 3.8) is 0 Å². The lowest BCUT2D eigenvalue weighted by atomic mass is 10.2. The van der Waals surface area contributed by atoms with Gasteiger partial charge in [-0.25, -0.2) is 12.8 Å². The van der Waals surface area contributed by atoms with Gasteiger partial charge in [-0.1, -0.05) is 12.1 Å². The molecule has 3 rings (SSSR count). The van der Waals surface area contributed by atoms with Crippen molar-refractivity contribution in [2.24, 2.45) is 5.92 Å². The highest BCUT2D eigenvalue weighted by Crippen LogP contribution is 2.32. The number of hydrogen-bond acceptors (Lipinski definition) is 3. The fraction of sp³-hybridized carbons (Fsp3) is 0.312. The van der Waals surface area contributed by atoms with Gasteiger partial charge < -0.3 is 0 Å². The number of rotatable bonds is 6. The predicted molar refractivity (Wildman–Crippen MR) is 81.0 cm³/mol. The van der Waals surface area contributed by atoms with Crippen molar-refractivity contribution >= 4 is 10.0 Å². The zero-order chi connectivity index (χ0) is 15.6. The van der Waals surface area contributed by atoms with E-state index in [0.717, 1.165) is 18.4 Å². The third kappa shape index (κ3) is 3.51. The average Bonchev–Trinajstić information content (AvgIpc) is 3.34. The highest BCUT2D eigenvalue weighted by atomic mass is 32.2. The van der Waals surface area contributed by atoms with Gasteiger partial charge >= 0.3 is 0 Å². The number of sulfonamides is 1. The molecule has 0 bridgehead atoms. The van der Waals surface area contributed by atoms with Crippen LogP contribution in [0, 0.1) is 11.7 Å². The van der Waals surface area contributed by atoms with E-state index in [1.54, 1.807) is 30.5 Å². The molecule has 1 aromatic carbocycles. The van der Waals surface area contributed by atoms with Crippen LogP contribution in [0.5, 0.6) is 0 Å². The fourth-order valence-electron chi connectivity index (χ4n) is 2.28. The second kappa shape index (κ2) is 6.14. The molecule has 1 aliphatic carbocycles. The number of pyridine rings is 1. The van der Waals surface area contributed by atoms with Crippen molar-refractivity contribution in [2.75, 3.05) is 6.54 Å². The summed E-state index contributed by atoms with van der Waals surface area (Å²) in [6, 6.07) is 9.09. The summed E-state index contributed by atoms with van der Waals surface area (Å²) in [5.41, 5.74) is 0.773. The SMILES string of the molecule is O=S(=O)(c1cccnc1)N(Cc1ccc(F)cc1)CC1CC1. The number of hydrogen-bond donors (Lipinski definition) is 0. The molecule has 0 amide bonds. The van der Waals surface area contributed by atoms with Crippen molar-refractivity contribution in [2.45, 2.75) is 24.3 Å². The lowest BCUT2D eigenvalue weighted by molar-refractivity contribution is 0.390. The van der Waals surface area contributed by atoms with E-state index in [0.29, 0.717) is 12.5 Å². The van der Waals surface area contributed by atoms with E-state index >= 15 is 0 Å². The van der Waals surface area contributed by atoms with Crippen LogP contribution >= 0.6 is 0 Å². The van der Waals surface area contributed by atoms with Gasteiger partial charge in [0.1, 0.15) is 10.7 Å². The maximum absolute atomic E-state index is 13.0. The van der Waals surface area contributed by atoms with E-state index in [9.17, 15) is 12.8 Å². The summed E-state index contributed by atoms with van der Waals surface area (Å²) >= 11 is 0. The van der Waals surface area contributed by atoms with Gasteiger partial charge in [-0.05, 0) is 48.6 Å². The van der Waals surface area contributed by atoms with Crippen LogP contribution in [0.25, 0.3) is 0 Å². The van der Waals surface area contributed by atoms with Crippen molar-refractivity contribution in [1.82, 2.24) is 9.29 Å². The number of nitrogens with zero attached hydrogens (tertiary/aromatic N) is 2. The Morgan fingerprint density at radius 2 is 1.91 bits per heavy atom. The Morgan fingerprint density at radius 1 is 1.18 bits per heavy atom. The minimum atomic E-state index is -3.59. The van der Waals surface area contributed by atoms with Crippen molar-refractivity contribution in [1.29, 1.82) is 0 Å². The van der Waals surface area contributed by atoms with E-state index in [-0.39, 0.29) is 17.3 Å². The first-order valence-corrected chi connectivity index (χ1v) is 8.64. The van der Waals surface area contributed by atoms with E-state index in [4.69, 9.17) is 0 Å². The molecule has 4 nitrogen and oxygen atoms in total.